The highest BCUT2D eigenvalue weighted by molar-refractivity contribution is 6.32. The van der Waals surface area contributed by atoms with Crippen LogP contribution in [-0.2, 0) is 0 Å². The Bertz CT molecular complexity index is 643. The lowest BCUT2D eigenvalue weighted by atomic mass is 9.83. The fourth-order valence-corrected chi connectivity index (χ4v) is 2.72. The highest BCUT2D eigenvalue weighted by atomic mass is 35.5. The molecule has 2 aromatic rings. The van der Waals surface area contributed by atoms with Crippen LogP contribution in [0.4, 0.5) is 0 Å². The SMILES string of the molecule is N#C[C@H](c1ccccc1)[C@H](CCO)c1ncc(Cl)nc1Cl. The van der Waals surface area contributed by atoms with Gasteiger partial charge in [0.25, 0.3) is 0 Å². The van der Waals surface area contributed by atoms with Crippen molar-refractivity contribution in [1.82, 2.24) is 9.97 Å². The monoisotopic (exact) mass is 321 g/mol. The molecule has 108 valence electrons. The number of aliphatic hydroxyl groups excluding tert-OH is 1. The van der Waals surface area contributed by atoms with Gasteiger partial charge < -0.3 is 5.11 Å². The number of benzene rings is 1. The first-order valence-corrected chi connectivity index (χ1v) is 7.16. The summed E-state index contributed by atoms with van der Waals surface area (Å²) < 4.78 is 0. The second kappa shape index (κ2) is 7.37. The molecule has 0 saturated heterocycles. The molecule has 6 heteroatoms. The molecule has 0 spiro atoms. The normalized spacial score (nSPS) is 13.4. The van der Waals surface area contributed by atoms with Gasteiger partial charge in [-0.05, 0) is 12.0 Å². The molecule has 1 N–H and O–H groups in total. The molecule has 4 nitrogen and oxygen atoms in total. The summed E-state index contributed by atoms with van der Waals surface area (Å²) in [6.45, 7) is -0.0731. The number of hydrogen-bond donors (Lipinski definition) is 1. The van der Waals surface area contributed by atoms with Gasteiger partial charge >= 0.3 is 0 Å². The second-order valence-electron chi connectivity index (χ2n) is 4.51. The Morgan fingerprint density at radius 1 is 1.24 bits per heavy atom. The summed E-state index contributed by atoms with van der Waals surface area (Å²) in [5.74, 6) is -0.814. The Hall–Kier alpha value is -1.67. The molecule has 1 aromatic heterocycles. The van der Waals surface area contributed by atoms with E-state index in [0.29, 0.717) is 12.1 Å². The minimum Gasteiger partial charge on any atom is -0.396 e. The van der Waals surface area contributed by atoms with Crippen LogP contribution < -0.4 is 0 Å². The minimum atomic E-state index is -0.466. The fourth-order valence-electron chi connectivity index (χ4n) is 2.26. The second-order valence-corrected chi connectivity index (χ2v) is 5.25. The predicted molar refractivity (Wildman–Crippen MR) is 81.3 cm³/mol. The van der Waals surface area contributed by atoms with Crippen LogP contribution in [0.2, 0.25) is 10.3 Å². The molecular formula is C15H13Cl2N3O. The maximum absolute atomic E-state index is 9.53. The lowest BCUT2D eigenvalue weighted by molar-refractivity contribution is 0.271. The van der Waals surface area contributed by atoms with Crippen LogP contribution >= 0.6 is 23.2 Å². The number of hydrogen-bond acceptors (Lipinski definition) is 4. The average Bonchev–Trinajstić information content (AvgIpc) is 2.48. The van der Waals surface area contributed by atoms with Crippen molar-refractivity contribution in [3.63, 3.8) is 0 Å². The van der Waals surface area contributed by atoms with Crippen LogP contribution in [-0.4, -0.2) is 21.7 Å². The molecule has 2 atom stereocenters. The average molecular weight is 322 g/mol. The molecule has 0 unspecified atom stereocenters. The lowest BCUT2D eigenvalue weighted by Gasteiger charge is -2.21. The van der Waals surface area contributed by atoms with Gasteiger partial charge in [-0.3, -0.25) is 4.98 Å². The van der Waals surface area contributed by atoms with E-state index in [1.165, 1.54) is 6.20 Å². The summed E-state index contributed by atoms with van der Waals surface area (Å²) >= 11 is 11.9. The fraction of sp³-hybridized carbons (Fsp3) is 0.267. The zero-order valence-electron chi connectivity index (χ0n) is 11.1. The quantitative estimate of drug-likeness (QED) is 0.914. The summed E-state index contributed by atoms with van der Waals surface area (Å²) in [5, 5.41) is 19.2. The largest absolute Gasteiger partial charge is 0.396 e. The van der Waals surface area contributed by atoms with Gasteiger partial charge in [0.2, 0.25) is 0 Å². The van der Waals surface area contributed by atoms with Crippen LogP contribution in [0, 0.1) is 11.3 Å². The Morgan fingerprint density at radius 2 is 1.95 bits per heavy atom. The topological polar surface area (TPSA) is 69.8 Å². The molecule has 0 aliphatic rings. The number of halogens is 2. The zero-order valence-corrected chi connectivity index (χ0v) is 12.6. The first-order chi connectivity index (χ1) is 10.2. The maximum Gasteiger partial charge on any atom is 0.152 e. The molecule has 0 aliphatic carbocycles. The van der Waals surface area contributed by atoms with Crippen LogP contribution in [0.5, 0.6) is 0 Å². The van der Waals surface area contributed by atoms with Crippen LogP contribution in [0.15, 0.2) is 36.5 Å². The molecule has 0 amide bonds. The Balaban J connectivity index is 2.44. The van der Waals surface area contributed by atoms with Gasteiger partial charge in [0, 0.05) is 12.5 Å². The van der Waals surface area contributed by atoms with E-state index in [4.69, 9.17) is 23.2 Å². The van der Waals surface area contributed by atoms with E-state index in [1.807, 2.05) is 30.3 Å². The molecule has 0 bridgehead atoms. The molecule has 0 radical (unpaired) electrons. The summed E-state index contributed by atoms with van der Waals surface area (Å²) in [7, 11) is 0. The van der Waals surface area contributed by atoms with E-state index in [1.54, 1.807) is 0 Å². The first kappa shape index (κ1) is 15.7. The van der Waals surface area contributed by atoms with Crippen LogP contribution in [0.3, 0.4) is 0 Å². The maximum atomic E-state index is 9.53. The van der Waals surface area contributed by atoms with Crippen molar-refractivity contribution in [1.29, 1.82) is 5.26 Å². The van der Waals surface area contributed by atoms with Crippen molar-refractivity contribution < 1.29 is 5.11 Å². The summed E-state index contributed by atoms with van der Waals surface area (Å²) in [6, 6.07) is 11.6. The van der Waals surface area contributed by atoms with E-state index < -0.39 is 5.92 Å². The van der Waals surface area contributed by atoms with E-state index in [9.17, 15) is 10.4 Å². The Kier molecular flexibility index (Phi) is 5.51. The lowest BCUT2D eigenvalue weighted by Crippen LogP contribution is -2.14. The number of aliphatic hydroxyl groups is 1. The third kappa shape index (κ3) is 3.70. The number of aromatic nitrogens is 2. The van der Waals surface area contributed by atoms with Gasteiger partial charge in [-0.1, -0.05) is 53.5 Å². The van der Waals surface area contributed by atoms with Crippen molar-refractivity contribution in [2.45, 2.75) is 18.3 Å². The molecule has 2 rings (SSSR count). The summed E-state index contributed by atoms with van der Waals surface area (Å²) in [5.41, 5.74) is 1.33. The van der Waals surface area contributed by atoms with Gasteiger partial charge in [0.15, 0.2) is 5.15 Å². The predicted octanol–water partition coefficient (Wildman–Crippen LogP) is 3.56. The van der Waals surface area contributed by atoms with Crippen molar-refractivity contribution in [3.05, 3.63) is 58.1 Å². The smallest absolute Gasteiger partial charge is 0.152 e. The van der Waals surface area contributed by atoms with Crippen molar-refractivity contribution in [2.75, 3.05) is 6.61 Å². The molecule has 1 aromatic carbocycles. The van der Waals surface area contributed by atoms with Gasteiger partial charge in [0.05, 0.1) is 23.9 Å². The third-order valence-electron chi connectivity index (χ3n) is 3.22. The highest BCUT2D eigenvalue weighted by Gasteiger charge is 2.28. The standard InChI is InChI=1S/C15H13Cl2N3O/c16-13-9-19-14(15(17)20-13)11(6-7-21)12(8-18)10-4-2-1-3-5-10/h1-5,9,11-12,21H,6-7H2/t11-,12+/m0/s1. The zero-order chi connectivity index (χ0) is 15.2. The van der Waals surface area contributed by atoms with Gasteiger partial charge in [-0.15, -0.1) is 0 Å². The van der Waals surface area contributed by atoms with Gasteiger partial charge in [0.1, 0.15) is 5.15 Å². The van der Waals surface area contributed by atoms with Gasteiger partial charge in [-0.25, -0.2) is 4.98 Å². The molecule has 0 aliphatic heterocycles. The Morgan fingerprint density at radius 3 is 2.52 bits per heavy atom. The van der Waals surface area contributed by atoms with Gasteiger partial charge in [-0.2, -0.15) is 5.26 Å². The number of nitrogens with zero attached hydrogens (tertiary/aromatic N) is 3. The van der Waals surface area contributed by atoms with E-state index in [2.05, 4.69) is 16.0 Å². The van der Waals surface area contributed by atoms with Crippen molar-refractivity contribution in [3.8, 4) is 6.07 Å². The number of nitriles is 1. The van der Waals surface area contributed by atoms with Crippen molar-refractivity contribution in [2.24, 2.45) is 0 Å². The minimum absolute atomic E-state index is 0.0731. The molecule has 21 heavy (non-hydrogen) atoms. The Labute approximate surface area is 133 Å². The molecule has 1 heterocycles. The van der Waals surface area contributed by atoms with Crippen LogP contribution in [0.1, 0.15) is 29.5 Å². The highest BCUT2D eigenvalue weighted by Crippen LogP contribution is 2.36. The third-order valence-corrected chi connectivity index (χ3v) is 3.68. The molecule has 0 saturated carbocycles. The van der Waals surface area contributed by atoms with E-state index in [-0.39, 0.29) is 22.8 Å². The summed E-state index contributed by atoms with van der Waals surface area (Å²) in [4.78, 5) is 8.17. The summed E-state index contributed by atoms with van der Waals surface area (Å²) in [6.07, 6.45) is 1.76. The molecular weight excluding hydrogens is 309 g/mol. The van der Waals surface area contributed by atoms with Crippen molar-refractivity contribution >= 4 is 23.2 Å². The van der Waals surface area contributed by atoms with E-state index in [0.717, 1.165) is 5.56 Å². The number of rotatable bonds is 5. The molecule has 0 fully saturated rings. The van der Waals surface area contributed by atoms with Crippen LogP contribution in [0.25, 0.3) is 0 Å². The van der Waals surface area contributed by atoms with E-state index >= 15 is 0 Å². The first-order valence-electron chi connectivity index (χ1n) is 6.40.